The molecule has 0 aromatic carbocycles. The van der Waals surface area contributed by atoms with Crippen LogP contribution in [0.1, 0.15) is 45.0 Å². The largest absolute Gasteiger partial charge is 0.444 e. The lowest BCUT2D eigenvalue weighted by molar-refractivity contribution is 0.0519. The number of carbonyl (C=O) groups is 1. The van der Waals surface area contributed by atoms with E-state index in [1.54, 1.807) is 0 Å². The van der Waals surface area contributed by atoms with Gasteiger partial charge < -0.3 is 10.1 Å². The third kappa shape index (κ3) is 5.00. The number of amides is 1. The molecule has 0 unspecified atom stereocenters. The molecule has 1 fully saturated rings. The Morgan fingerprint density at radius 1 is 1.57 bits per heavy atom. The molecule has 21 heavy (non-hydrogen) atoms. The molecule has 118 valence electrons. The van der Waals surface area contributed by atoms with Crippen LogP contribution >= 0.6 is 11.3 Å². The molecule has 2 atom stereocenters. The van der Waals surface area contributed by atoms with E-state index in [1.165, 1.54) is 4.88 Å². The van der Waals surface area contributed by atoms with E-state index in [1.807, 2.05) is 32.1 Å². The van der Waals surface area contributed by atoms with E-state index in [0.29, 0.717) is 18.5 Å². The highest BCUT2D eigenvalue weighted by molar-refractivity contribution is 7.10. The Labute approximate surface area is 131 Å². The maximum Gasteiger partial charge on any atom is 0.407 e. The first-order valence-electron chi connectivity index (χ1n) is 7.59. The number of nitrogens with zero attached hydrogens (tertiary/aromatic N) is 1. The Balaban J connectivity index is 1.74. The van der Waals surface area contributed by atoms with Gasteiger partial charge in [0.2, 0.25) is 0 Å². The zero-order valence-electron chi connectivity index (χ0n) is 13.4. The Morgan fingerprint density at radius 2 is 2.33 bits per heavy atom. The monoisotopic (exact) mass is 310 g/mol. The summed E-state index contributed by atoms with van der Waals surface area (Å²) in [5.74, 6) is 0.514. The number of hydrogen-bond donors (Lipinski definition) is 1. The zero-order valence-corrected chi connectivity index (χ0v) is 14.2. The minimum atomic E-state index is -0.431. The van der Waals surface area contributed by atoms with Gasteiger partial charge >= 0.3 is 6.09 Å². The van der Waals surface area contributed by atoms with Crippen LogP contribution in [0.25, 0.3) is 0 Å². The smallest absolute Gasteiger partial charge is 0.407 e. The van der Waals surface area contributed by atoms with Gasteiger partial charge in [0.1, 0.15) is 5.60 Å². The van der Waals surface area contributed by atoms with Crippen molar-refractivity contribution in [2.75, 3.05) is 19.6 Å². The van der Waals surface area contributed by atoms with Crippen molar-refractivity contribution in [3.63, 3.8) is 0 Å². The molecule has 1 aliphatic rings. The number of carbonyl (C=O) groups excluding carboxylic acids is 1. The van der Waals surface area contributed by atoms with Gasteiger partial charge in [0.15, 0.2) is 0 Å². The molecule has 0 spiro atoms. The summed E-state index contributed by atoms with van der Waals surface area (Å²) in [6, 6.07) is 4.77. The van der Waals surface area contributed by atoms with Gasteiger partial charge in [0.25, 0.3) is 0 Å². The molecule has 0 bridgehead atoms. The Kier molecular flexibility index (Phi) is 5.27. The summed E-state index contributed by atoms with van der Waals surface area (Å²) < 4.78 is 5.27. The number of likely N-dealkylation sites (tertiary alicyclic amines) is 1. The highest BCUT2D eigenvalue weighted by Crippen LogP contribution is 2.29. The summed E-state index contributed by atoms with van der Waals surface area (Å²) in [5, 5.41) is 5.02. The SMILES string of the molecule is C[C@@H](c1cccs1)N1CC[C@H](CNC(=O)OC(C)(C)C)C1. The van der Waals surface area contributed by atoms with Gasteiger partial charge in [-0.3, -0.25) is 4.90 Å². The van der Waals surface area contributed by atoms with Gasteiger partial charge in [-0.1, -0.05) is 6.07 Å². The van der Waals surface area contributed by atoms with Crippen LogP contribution in [0.15, 0.2) is 17.5 Å². The second kappa shape index (κ2) is 6.79. The maximum atomic E-state index is 11.7. The van der Waals surface area contributed by atoms with Gasteiger partial charge in [-0.2, -0.15) is 0 Å². The lowest BCUT2D eigenvalue weighted by Crippen LogP contribution is -2.36. The molecule has 4 nitrogen and oxygen atoms in total. The number of rotatable bonds is 4. The van der Waals surface area contributed by atoms with E-state index in [4.69, 9.17) is 4.74 Å². The minimum Gasteiger partial charge on any atom is -0.444 e. The normalized spacial score (nSPS) is 21.2. The molecule has 2 rings (SSSR count). The lowest BCUT2D eigenvalue weighted by atomic mass is 10.1. The van der Waals surface area contributed by atoms with E-state index < -0.39 is 5.60 Å². The molecule has 1 aliphatic heterocycles. The molecule has 2 heterocycles. The second-order valence-electron chi connectivity index (χ2n) is 6.72. The standard InChI is InChI=1S/C16H26N2O2S/c1-12(14-6-5-9-21-14)18-8-7-13(11-18)10-17-15(19)20-16(2,3)4/h5-6,9,12-13H,7-8,10-11H2,1-4H3,(H,17,19)/t12-,13+/m0/s1. The Hall–Kier alpha value is -1.07. The van der Waals surface area contributed by atoms with Crippen molar-refractivity contribution < 1.29 is 9.53 Å². The third-order valence-corrected chi connectivity index (χ3v) is 4.80. The number of hydrogen-bond acceptors (Lipinski definition) is 4. The van der Waals surface area contributed by atoms with Gasteiger partial charge in [-0.25, -0.2) is 4.79 Å². The molecule has 1 saturated heterocycles. The first-order chi connectivity index (χ1) is 9.85. The van der Waals surface area contributed by atoms with Gasteiger partial charge in [0, 0.05) is 24.0 Å². The highest BCUT2D eigenvalue weighted by Gasteiger charge is 2.27. The summed E-state index contributed by atoms with van der Waals surface area (Å²) in [7, 11) is 0. The minimum absolute atomic E-state index is 0.313. The average molecular weight is 310 g/mol. The molecule has 0 aliphatic carbocycles. The topological polar surface area (TPSA) is 41.6 Å². The van der Waals surface area contributed by atoms with Crippen molar-refractivity contribution in [3.8, 4) is 0 Å². The summed E-state index contributed by atoms with van der Waals surface area (Å²) in [6.07, 6.45) is 0.818. The second-order valence-corrected chi connectivity index (χ2v) is 7.70. The predicted octanol–water partition coefficient (Wildman–Crippen LogP) is 3.66. The van der Waals surface area contributed by atoms with E-state index in [-0.39, 0.29) is 6.09 Å². The first kappa shape index (κ1) is 16.3. The Morgan fingerprint density at radius 3 is 2.95 bits per heavy atom. The molecule has 1 aromatic rings. The number of nitrogens with one attached hydrogen (secondary N) is 1. The van der Waals surface area contributed by atoms with Crippen LogP contribution in [-0.2, 0) is 4.74 Å². The molecular formula is C16H26N2O2S. The third-order valence-electron chi connectivity index (χ3n) is 3.75. The maximum absolute atomic E-state index is 11.7. The van der Waals surface area contributed by atoms with Crippen LogP contribution in [0.2, 0.25) is 0 Å². The van der Waals surface area contributed by atoms with Crippen LogP contribution in [0, 0.1) is 5.92 Å². The Bertz CT molecular complexity index is 453. The van der Waals surface area contributed by atoms with E-state index >= 15 is 0 Å². The molecule has 1 aromatic heterocycles. The van der Waals surface area contributed by atoms with Crippen molar-refractivity contribution in [1.82, 2.24) is 10.2 Å². The van der Waals surface area contributed by atoms with Crippen molar-refractivity contribution >= 4 is 17.4 Å². The van der Waals surface area contributed by atoms with Gasteiger partial charge in [-0.05, 0) is 58.0 Å². The van der Waals surface area contributed by atoms with E-state index in [2.05, 4.69) is 34.7 Å². The lowest BCUT2D eigenvalue weighted by Gasteiger charge is -2.24. The fourth-order valence-corrected chi connectivity index (χ4v) is 3.45. The first-order valence-corrected chi connectivity index (χ1v) is 8.47. The zero-order chi connectivity index (χ0) is 15.5. The molecule has 0 saturated carbocycles. The molecule has 1 N–H and O–H groups in total. The van der Waals surface area contributed by atoms with Crippen molar-refractivity contribution in [2.45, 2.75) is 45.8 Å². The van der Waals surface area contributed by atoms with E-state index in [0.717, 1.165) is 19.5 Å². The summed E-state index contributed by atoms with van der Waals surface area (Å²) in [5.41, 5.74) is -0.431. The summed E-state index contributed by atoms with van der Waals surface area (Å²) >= 11 is 1.81. The number of ether oxygens (including phenoxy) is 1. The van der Waals surface area contributed by atoms with Crippen LogP contribution in [0.4, 0.5) is 4.79 Å². The predicted molar refractivity (Wildman–Crippen MR) is 86.7 cm³/mol. The molecule has 5 heteroatoms. The van der Waals surface area contributed by atoms with E-state index in [9.17, 15) is 4.79 Å². The van der Waals surface area contributed by atoms with Crippen molar-refractivity contribution in [1.29, 1.82) is 0 Å². The van der Waals surface area contributed by atoms with Crippen LogP contribution in [-0.4, -0.2) is 36.2 Å². The summed E-state index contributed by atoms with van der Waals surface area (Å²) in [6.45, 7) is 10.7. The van der Waals surface area contributed by atoms with Crippen LogP contribution < -0.4 is 5.32 Å². The fourth-order valence-electron chi connectivity index (χ4n) is 2.63. The highest BCUT2D eigenvalue weighted by atomic mass is 32.1. The van der Waals surface area contributed by atoms with Gasteiger partial charge in [0.05, 0.1) is 0 Å². The van der Waals surface area contributed by atoms with Crippen LogP contribution in [0.5, 0.6) is 0 Å². The molecule has 0 radical (unpaired) electrons. The van der Waals surface area contributed by atoms with Crippen molar-refractivity contribution in [2.24, 2.45) is 5.92 Å². The van der Waals surface area contributed by atoms with Crippen LogP contribution in [0.3, 0.4) is 0 Å². The molecular weight excluding hydrogens is 284 g/mol. The van der Waals surface area contributed by atoms with Crippen molar-refractivity contribution in [3.05, 3.63) is 22.4 Å². The average Bonchev–Trinajstić information content (AvgIpc) is 3.05. The number of alkyl carbamates (subject to hydrolysis) is 1. The number of thiophene rings is 1. The fraction of sp³-hybridized carbons (Fsp3) is 0.688. The summed E-state index contributed by atoms with van der Waals surface area (Å²) in [4.78, 5) is 15.6. The molecule has 1 amide bonds. The van der Waals surface area contributed by atoms with Gasteiger partial charge in [-0.15, -0.1) is 11.3 Å². The quantitative estimate of drug-likeness (QED) is 0.923.